The van der Waals surface area contributed by atoms with Crippen LogP contribution in [-0.2, 0) is 6.54 Å². The zero-order valence-corrected chi connectivity index (χ0v) is 10.9. The van der Waals surface area contributed by atoms with Crippen molar-refractivity contribution >= 4 is 0 Å². The number of nitrogens with zero attached hydrogens (tertiary/aromatic N) is 2. The zero-order valence-electron chi connectivity index (χ0n) is 10.9. The normalized spacial score (nSPS) is 10.6. The summed E-state index contributed by atoms with van der Waals surface area (Å²) >= 11 is 0. The molecule has 0 aliphatic heterocycles. The Morgan fingerprint density at radius 3 is 3.00 bits per heavy atom. The molecule has 0 amide bonds. The summed E-state index contributed by atoms with van der Waals surface area (Å²) in [7, 11) is 1.95. The Kier molecular flexibility index (Phi) is 4.36. The predicted molar refractivity (Wildman–Crippen MR) is 72.0 cm³/mol. The van der Waals surface area contributed by atoms with Gasteiger partial charge in [0.15, 0.2) is 5.75 Å². The third-order valence-electron chi connectivity index (χ3n) is 2.65. The molecule has 0 saturated carbocycles. The molecule has 18 heavy (non-hydrogen) atoms. The first-order chi connectivity index (χ1) is 8.78. The maximum absolute atomic E-state index is 5.75. The summed E-state index contributed by atoms with van der Waals surface area (Å²) in [4.78, 5) is 0. The largest absolute Gasteiger partial charge is 0.454 e. The summed E-state index contributed by atoms with van der Waals surface area (Å²) in [6.07, 6.45) is 4.74. The third kappa shape index (κ3) is 3.60. The van der Waals surface area contributed by atoms with Crippen molar-refractivity contribution in [2.24, 2.45) is 0 Å². The van der Waals surface area contributed by atoms with E-state index < -0.39 is 0 Å². The minimum Gasteiger partial charge on any atom is -0.454 e. The van der Waals surface area contributed by atoms with E-state index in [1.165, 1.54) is 5.56 Å². The molecular weight excluding hydrogens is 226 g/mol. The van der Waals surface area contributed by atoms with E-state index in [0.29, 0.717) is 0 Å². The molecule has 0 atom stereocenters. The summed E-state index contributed by atoms with van der Waals surface area (Å²) in [5.74, 6) is 1.63. The van der Waals surface area contributed by atoms with Crippen LogP contribution < -0.4 is 10.1 Å². The van der Waals surface area contributed by atoms with Gasteiger partial charge in [-0.1, -0.05) is 12.1 Å². The van der Waals surface area contributed by atoms with E-state index in [1.807, 2.05) is 49.1 Å². The van der Waals surface area contributed by atoms with Crippen molar-refractivity contribution in [1.29, 1.82) is 0 Å². The molecule has 0 radical (unpaired) electrons. The Labute approximate surface area is 108 Å². The number of aromatic nitrogens is 2. The van der Waals surface area contributed by atoms with Gasteiger partial charge in [0, 0.05) is 6.54 Å². The second kappa shape index (κ2) is 6.21. The Morgan fingerprint density at radius 1 is 1.33 bits per heavy atom. The summed E-state index contributed by atoms with van der Waals surface area (Å²) in [6.45, 7) is 3.94. The SMILES string of the molecule is CNCCCn1cc(Oc2cccc(C)c2)cn1. The molecule has 1 aromatic heterocycles. The average Bonchev–Trinajstić information content (AvgIpc) is 2.77. The van der Waals surface area contributed by atoms with E-state index >= 15 is 0 Å². The Morgan fingerprint density at radius 2 is 2.22 bits per heavy atom. The average molecular weight is 245 g/mol. The fourth-order valence-corrected chi connectivity index (χ4v) is 1.75. The van der Waals surface area contributed by atoms with Crippen molar-refractivity contribution < 1.29 is 4.74 Å². The molecule has 0 fully saturated rings. The number of nitrogens with one attached hydrogen (secondary N) is 1. The number of hydrogen-bond acceptors (Lipinski definition) is 3. The van der Waals surface area contributed by atoms with Gasteiger partial charge < -0.3 is 10.1 Å². The van der Waals surface area contributed by atoms with E-state index in [9.17, 15) is 0 Å². The summed E-state index contributed by atoms with van der Waals surface area (Å²) in [5.41, 5.74) is 1.19. The molecular formula is C14H19N3O. The van der Waals surface area contributed by atoms with Gasteiger partial charge in [-0.3, -0.25) is 4.68 Å². The molecule has 1 heterocycles. The van der Waals surface area contributed by atoms with Crippen LogP contribution in [0.1, 0.15) is 12.0 Å². The molecule has 0 aliphatic rings. The van der Waals surface area contributed by atoms with E-state index in [4.69, 9.17) is 4.74 Å². The quantitative estimate of drug-likeness (QED) is 0.795. The van der Waals surface area contributed by atoms with Crippen LogP contribution in [0.5, 0.6) is 11.5 Å². The number of ether oxygens (including phenoxy) is 1. The summed E-state index contributed by atoms with van der Waals surface area (Å²) < 4.78 is 7.65. The van der Waals surface area contributed by atoms with Gasteiger partial charge in [0.25, 0.3) is 0 Å². The van der Waals surface area contributed by atoms with Crippen LogP contribution in [0.15, 0.2) is 36.7 Å². The monoisotopic (exact) mass is 245 g/mol. The first-order valence-corrected chi connectivity index (χ1v) is 6.19. The van der Waals surface area contributed by atoms with Crippen molar-refractivity contribution in [1.82, 2.24) is 15.1 Å². The van der Waals surface area contributed by atoms with Crippen LogP contribution in [0.3, 0.4) is 0 Å². The van der Waals surface area contributed by atoms with Crippen LogP contribution >= 0.6 is 0 Å². The van der Waals surface area contributed by atoms with Gasteiger partial charge in [0.1, 0.15) is 5.75 Å². The highest BCUT2D eigenvalue weighted by Gasteiger charge is 2.01. The maximum atomic E-state index is 5.75. The minimum atomic E-state index is 0.782. The standard InChI is InChI=1S/C14H19N3O/c1-12-5-3-6-13(9-12)18-14-10-16-17(11-14)8-4-7-15-2/h3,5-6,9-11,15H,4,7-8H2,1-2H3. The first-order valence-electron chi connectivity index (χ1n) is 6.19. The van der Waals surface area contributed by atoms with E-state index in [1.54, 1.807) is 6.20 Å². The third-order valence-corrected chi connectivity index (χ3v) is 2.65. The molecule has 2 rings (SSSR count). The molecule has 0 aliphatic carbocycles. The van der Waals surface area contributed by atoms with Crippen molar-refractivity contribution in [2.45, 2.75) is 19.9 Å². The topological polar surface area (TPSA) is 39.1 Å². The molecule has 4 nitrogen and oxygen atoms in total. The Balaban J connectivity index is 1.94. The molecule has 2 aromatic rings. The second-order valence-electron chi connectivity index (χ2n) is 4.31. The van der Waals surface area contributed by atoms with E-state index in [2.05, 4.69) is 10.4 Å². The molecule has 0 bridgehead atoms. The highest BCUT2D eigenvalue weighted by Crippen LogP contribution is 2.21. The van der Waals surface area contributed by atoms with E-state index in [0.717, 1.165) is 31.0 Å². The minimum absolute atomic E-state index is 0.782. The Bertz CT molecular complexity index is 493. The van der Waals surface area contributed by atoms with Crippen LogP contribution in [0, 0.1) is 6.92 Å². The van der Waals surface area contributed by atoms with Crippen molar-refractivity contribution in [3.8, 4) is 11.5 Å². The lowest BCUT2D eigenvalue weighted by Crippen LogP contribution is -2.11. The zero-order chi connectivity index (χ0) is 12.8. The fourth-order valence-electron chi connectivity index (χ4n) is 1.75. The Hall–Kier alpha value is -1.81. The molecule has 96 valence electrons. The molecule has 1 N–H and O–H groups in total. The van der Waals surface area contributed by atoms with Crippen LogP contribution in [0.4, 0.5) is 0 Å². The fraction of sp³-hybridized carbons (Fsp3) is 0.357. The van der Waals surface area contributed by atoms with Crippen molar-refractivity contribution in [3.05, 3.63) is 42.2 Å². The van der Waals surface area contributed by atoms with Gasteiger partial charge in [0.05, 0.1) is 12.4 Å². The maximum Gasteiger partial charge on any atom is 0.165 e. The van der Waals surface area contributed by atoms with Gasteiger partial charge in [-0.05, 0) is 44.6 Å². The highest BCUT2D eigenvalue weighted by atomic mass is 16.5. The number of hydrogen-bond donors (Lipinski definition) is 1. The molecule has 0 unspecified atom stereocenters. The lowest BCUT2D eigenvalue weighted by atomic mass is 10.2. The second-order valence-corrected chi connectivity index (χ2v) is 4.31. The molecule has 0 saturated heterocycles. The number of benzene rings is 1. The van der Waals surface area contributed by atoms with Crippen molar-refractivity contribution in [2.75, 3.05) is 13.6 Å². The predicted octanol–water partition coefficient (Wildman–Crippen LogP) is 2.59. The number of aryl methyl sites for hydroxylation is 2. The van der Waals surface area contributed by atoms with Gasteiger partial charge in [-0.25, -0.2) is 0 Å². The van der Waals surface area contributed by atoms with Crippen LogP contribution in [0.25, 0.3) is 0 Å². The smallest absolute Gasteiger partial charge is 0.165 e. The van der Waals surface area contributed by atoms with Crippen LogP contribution in [-0.4, -0.2) is 23.4 Å². The molecule has 1 aromatic carbocycles. The highest BCUT2D eigenvalue weighted by molar-refractivity contribution is 5.31. The first kappa shape index (κ1) is 12.6. The lowest BCUT2D eigenvalue weighted by Gasteiger charge is -2.03. The van der Waals surface area contributed by atoms with Crippen LogP contribution in [0.2, 0.25) is 0 Å². The van der Waals surface area contributed by atoms with Gasteiger partial charge in [-0.2, -0.15) is 5.10 Å². The van der Waals surface area contributed by atoms with Crippen molar-refractivity contribution in [3.63, 3.8) is 0 Å². The molecule has 4 heteroatoms. The summed E-state index contributed by atoms with van der Waals surface area (Å²) in [5, 5.41) is 7.39. The van der Waals surface area contributed by atoms with Gasteiger partial charge in [0.2, 0.25) is 0 Å². The van der Waals surface area contributed by atoms with Gasteiger partial charge >= 0.3 is 0 Å². The lowest BCUT2D eigenvalue weighted by molar-refractivity contribution is 0.479. The number of rotatable bonds is 6. The van der Waals surface area contributed by atoms with E-state index in [-0.39, 0.29) is 0 Å². The summed E-state index contributed by atoms with van der Waals surface area (Å²) in [6, 6.07) is 8.00. The molecule has 0 spiro atoms. The van der Waals surface area contributed by atoms with Gasteiger partial charge in [-0.15, -0.1) is 0 Å².